The molecule has 0 spiro atoms. The van der Waals surface area contributed by atoms with Crippen molar-refractivity contribution in [3.8, 4) is 0 Å². The molecule has 0 saturated heterocycles. The molecule has 1 saturated carbocycles. The van der Waals surface area contributed by atoms with E-state index in [1.54, 1.807) is 0 Å². The minimum absolute atomic E-state index is 0.0308. The second kappa shape index (κ2) is 5.80. The molecule has 1 aromatic heterocycles. The van der Waals surface area contributed by atoms with Crippen molar-refractivity contribution in [3.63, 3.8) is 0 Å². The number of rotatable bonds is 5. The molecule has 0 atom stereocenters. The van der Waals surface area contributed by atoms with Crippen molar-refractivity contribution >= 4 is 5.91 Å². The van der Waals surface area contributed by atoms with Crippen molar-refractivity contribution in [2.45, 2.75) is 44.6 Å². The van der Waals surface area contributed by atoms with Gasteiger partial charge in [0.25, 0.3) is 5.91 Å². The van der Waals surface area contributed by atoms with E-state index in [9.17, 15) is 18.0 Å². The van der Waals surface area contributed by atoms with E-state index in [0.717, 1.165) is 4.68 Å². The van der Waals surface area contributed by atoms with Crippen LogP contribution in [0.1, 0.15) is 41.9 Å². The first-order chi connectivity index (χ1) is 9.43. The Kier molecular flexibility index (Phi) is 4.29. The molecular weight excluding hydrogens is 273 g/mol. The van der Waals surface area contributed by atoms with Crippen LogP contribution in [0, 0.1) is 5.92 Å². The van der Waals surface area contributed by atoms with Gasteiger partial charge in [-0.3, -0.25) is 4.79 Å². The zero-order valence-electron chi connectivity index (χ0n) is 11.0. The molecule has 0 bridgehead atoms. The molecule has 1 aromatic rings. The van der Waals surface area contributed by atoms with Gasteiger partial charge in [0.15, 0.2) is 0 Å². The Labute approximate surface area is 114 Å². The van der Waals surface area contributed by atoms with E-state index < -0.39 is 18.5 Å². The Bertz CT molecular complexity index is 479. The Morgan fingerprint density at radius 1 is 1.40 bits per heavy atom. The number of primary amides is 1. The van der Waals surface area contributed by atoms with E-state index in [0.29, 0.717) is 25.0 Å². The first kappa shape index (κ1) is 14.8. The highest BCUT2D eigenvalue weighted by Crippen LogP contribution is 2.37. The normalized spacial score (nSPS) is 19.1. The van der Waals surface area contributed by atoms with Crippen LogP contribution >= 0.6 is 0 Å². The molecule has 1 aliphatic carbocycles. The monoisotopic (exact) mass is 290 g/mol. The van der Waals surface area contributed by atoms with Crippen molar-refractivity contribution in [2.75, 3.05) is 6.67 Å². The maximum Gasteiger partial charge on any atom is 0.268 e. The molecule has 1 amide bonds. The molecular formula is C12H17F3N4O. The van der Waals surface area contributed by atoms with Crippen molar-refractivity contribution < 1.29 is 18.0 Å². The van der Waals surface area contributed by atoms with Gasteiger partial charge in [-0.25, -0.2) is 17.9 Å². The molecule has 0 aliphatic heterocycles. The SMILES string of the molecule is NC(=O)c1c(CC2CCC(F)(F)CC2)nnn1CCF. The second-order valence-corrected chi connectivity index (χ2v) is 5.16. The average molecular weight is 290 g/mol. The number of aromatic nitrogens is 3. The summed E-state index contributed by atoms with van der Waals surface area (Å²) in [6, 6.07) is 0. The van der Waals surface area contributed by atoms with Crippen molar-refractivity contribution in [1.82, 2.24) is 15.0 Å². The molecule has 2 N–H and O–H groups in total. The summed E-state index contributed by atoms with van der Waals surface area (Å²) < 4.78 is 39.6. The van der Waals surface area contributed by atoms with Gasteiger partial charge in [0.05, 0.1) is 12.2 Å². The lowest BCUT2D eigenvalue weighted by molar-refractivity contribution is -0.0457. The summed E-state index contributed by atoms with van der Waals surface area (Å²) in [6.45, 7) is -0.771. The van der Waals surface area contributed by atoms with E-state index in [1.807, 2.05) is 0 Å². The van der Waals surface area contributed by atoms with Gasteiger partial charge in [-0.1, -0.05) is 5.21 Å². The quantitative estimate of drug-likeness (QED) is 0.897. The maximum absolute atomic E-state index is 13.1. The number of carbonyl (C=O) groups is 1. The lowest BCUT2D eigenvalue weighted by atomic mass is 9.84. The molecule has 112 valence electrons. The van der Waals surface area contributed by atoms with Crippen LogP contribution in [0.4, 0.5) is 13.2 Å². The summed E-state index contributed by atoms with van der Waals surface area (Å²) in [4.78, 5) is 11.4. The largest absolute Gasteiger partial charge is 0.364 e. The number of carbonyl (C=O) groups excluding carboxylic acids is 1. The van der Waals surface area contributed by atoms with Crippen LogP contribution in [-0.2, 0) is 13.0 Å². The van der Waals surface area contributed by atoms with E-state index in [2.05, 4.69) is 10.3 Å². The van der Waals surface area contributed by atoms with Crippen LogP contribution in [0.25, 0.3) is 0 Å². The van der Waals surface area contributed by atoms with Gasteiger partial charge in [0.1, 0.15) is 12.4 Å². The van der Waals surface area contributed by atoms with Gasteiger partial charge in [-0.05, 0) is 25.2 Å². The number of hydrogen-bond donors (Lipinski definition) is 1. The molecule has 5 nitrogen and oxygen atoms in total. The fourth-order valence-electron chi connectivity index (χ4n) is 2.57. The Morgan fingerprint density at radius 3 is 2.60 bits per heavy atom. The highest BCUT2D eigenvalue weighted by Gasteiger charge is 2.35. The predicted molar refractivity (Wildman–Crippen MR) is 65.1 cm³/mol. The standard InChI is InChI=1S/C12H17F3N4O/c13-5-6-19-10(11(16)20)9(17-18-19)7-8-1-3-12(14,15)4-2-8/h8H,1-7H2,(H2,16,20). The Hall–Kier alpha value is -1.60. The van der Waals surface area contributed by atoms with Crippen LogP contribution in [-0.4, -0.2) is 33.5 Å². The zero-order chi connectivity index (χ0) is 14.8. The van der Waals surface area contributed by atoms with E-state index >= 15 is 0 Å². The minimum Gasteiger partial charge on any atom is -0.364 e. The molecule has 2 rings (SSSR count). The molecule has 1 heterocycles. The lowest BCUT2D eigenvalue weighted by Gasteiger charge is -2.27. The van der Waals surface area contributed by atoms with Crippen molar-refractivity contribution in [3.05, 3.63) is 11.4 Å². The van der Waals surface area contributed by atoms with Gasteiger partial charge in [0, 0.05) is 12.8 Å². The summed E-state index contributed by atoms with van der Waals surface area (Å²) in [5.74, 6) is -3.28. The Balaban J connectivity index is 2.08. The number of halogens is 3. The third-order valence-electron chi connectivity index (χ3n) is 3.65. The average Bonchev–Trinajstić information content (AvgIpc) is 2.75. The molecule has 20 heavy (non-hydrogen) atoms. The third-order valence-corrected chi connectivity index (χ3v) is 3.65. The first-order valence-electron chi connectivity index (χ1n) is 6.59. The molecule has 1 aliphatic rings. The van der Waals surface area contributed by atoms with Gasteiger partial charge in [-0.2, -0.15) is 0 Å². The first-order valence-corrected chi connectivity index (χ1v) is 6.59. The smallest absolute Gasteiger partial charge is 0.268 e. The van der Waals surface area contributed by atoms with Crippen LogP contribution < -0.4 is 5.73 Å². The number of hydrogen-bond acceptors (Lipinski definition) is 3. The highest BCUT2D eigenvalue weighted by atomic mass is 19.3. The molecule has 8 heteroatoms. The van der Waals surface area contributed by atoms with Gasteiger partial charge in [0.2, 0.25) is 5.92 Å². The molecule has 0 aromatic carbocycles. The number of amides is 1. The van der Waals surface area contributed by atoms with Crippen molar-refractivity contribution in [2.24, 2.45) is 11.7 Å². The maximum atomic E-state index is 13.1. The third kappa shape index (κ3) is 3.29. The lowest BCUT2D eigenvalue weighted by Crippen LogP contribution is -2.26. The number of alkyl halides is 3. The fraction of sp³-hybridized carbons (Fsp3) is 0.750. The van der Waals surface area contributed by atoms with Gasteiger partial charge >= 0.3 is 0 Å². The summed E-state index contributed by atoms with van der Waals surface area (Å²) in [5.41, 5.74) is 5.72. The fourth-order valence-corrected chi connectivity index (χ4v) is 2.57. The van der Waals surface area contributed by atoms with Crippen LogP contribution in [0.3, 0.4) is 0 Å². The number of nitrogens with two attached hydrogens (primary N) is 1. The number of aryl methyl sites for hydroxylation is 1. The van der Waals surface area contributed by atoms with Gasteiger partial charge in [-0.15, -0.1) is 5.10 Å². The zero-order valence-corrected chi connectivity index (χ0v) is 11.0. The summed E-state index contributed by atoms with van der Waals surface area (Å²) in [7, 11) is 0. The van der Waals surface area contributed by atoms with Crippen LogP contribution in [0.2, 0.25) is 0 Å². The second-order valence-electron chi connectivity index (χ2n) is 5.16. The summed E-state index contributed by atoms with van der Waals surface area (Å²) in [5, 5.41) is 7.54. The molecule has 0 radical (unpaired) electrons. The van der Waals surface area contributed by atoms with E-state index in [1.165, 1.54) is 0 Å². The van der Waals surface area contributed by atoms with E-state index in [4.69, 9.17) is 5.73 Å². The number of nitrogens with zero attached hydrogens (tertiary/aromatic N) is 3. The topological polar surface area (TPSA) is 73.8 Å². The van der Waals surface area contributed by atoms with E-state index in [-0.39, 0.29) is 31.0 Å². The predicted octanol–water partition coefficient (Wildman–Crippen LogP) is 1.71. The van der Waals surface area contributed by atoms with Gasteiger partial charge < -0.3 is 5.73 Å². The van der Waals surface area contributed by atoms with Crippen LogP contribution in [0.15, 0.2) is 0 Å². The van der Waals surface area contributed by atoms with Crippen LogP contribution in [0.5, 0.6) is 0 Å². The molecule has 0 unspecified atom stereocenters. The minimum atomic E-state index is -2.59. The Morgan fingerprint density at radius 2 is 2.05 bits per heavy atom. The summed E-state index contributed by atoms with van der Waals surface area (Å²) >= 11 is 0. The molecule has 1 fully saturated rings. The summed E-state index contributed by atoms with van der Waals surface area (Å²) in [6.07, 6.45) is 0.827. The van der Waals surface area contributed by atoms with Crippen molar-refractivity contribution in [1.29, 1.82) is 0 Å². The highest BCUT2D eigenvalue weighted by molar-refractivity contribution is 5.92.